The van der Waals surface area contributed by atoms with Crippen molar-refractivity contribution in [2.24, 2.45) is 5.73 Å². The van der Waals surface area contributed by atoms with E-state index in [1.165, 1.54) is 0 Å². The Bertz CT molecular complexity index is 944. The molecule has 0 saturated heterocycles. The first-order valence-corrected chi connectivity index (χ1v) is 8.09. The number of hydrogen-bond acceptors (Lipinski definition) is 3. The molecule has 1 amide bonds. The van der Waals surface area contributed by atoms with Gasteiger partial charge in [-0.05, 0) is 36.8 Å². The van der Waals surface area contributed by atoms with Crippen LogP contribution in [-0.4, -0.2) is 10.9 Å². The minimum atomic E-state index is -0.492. The van der Waals surface area contributed by atoms with Crippen molar-refractivity contribution >= 4 is 58.1 Å². The van der Waals surface area contributed by atoms with E-state index < -0.39 is 5.91 Å². The molecular weight excluding hydrogens is 381 g/mol. The number of nitrogens with one attached hydrogen (secondary N) is 1. The van der Waals surface area contributed by atoms with E-state index >= 15 is 0 Å². The molecule has 2 aromatic carbocycles. The molecule has 25 heavy (non-hydrogen) atoms. The van der Waals surface area contributed by atoms with Crippen LogP contribution < -0.4 is 11.1 Å². The molecule has 0 aliphatic carbocycles. The number of pyridine rings is 1. The van der Waals surface area contributed by atoms with Crippen molar-refractivity contribution in [1.82, 2.24) is 4.98 Å². The Hall–Kier alpha value is -2.01. The lowest BCUT2D eigenvalue weighted by molar-refractivity contribution is 0.100. The lowest BCUT2D eigenvalue weighted by Crippen LogP contribution is -2.12. The molecular formula is C18H16Cl3N3O. The van der Waals surface area contributed by atoms with Gasteiger partial charge >= 0.3 is 0 Å². The molecule has 3 N–H and O–H groups in total. The quantitative estimate of drug-likeness (QED) is 0.653. The van der Waals surface area contributed by atoms with E-state index in [-0.39, 0.29) is 12.4 Å². The summed E-state index contributed by atoms with van der Waals surface area (Å²) < 4.78 is 0. The summed E-state index contributed by atoms with van der Waals surface area (Å²) in [6.07, 6.45) is 0. The number of halogens is 3. The first-order valence-electron chi connectivity index (χ1n) is 7.33. The highest BCUT2D eigenvalue weighted by Crippen LogP contribution is 2.27. The second kappa shape index (κ2) is 7.91. The number of amides is 1. The van der Waals surface area contributed by atoms with Gasteiger partial charge in [-0.15, -0.1) is 12.4 Å². The molecule has 0 fully saturated rings. The van der Waals surface area contributed by atoms with Gasteiger partial charge in [0.2, 0.25) is 0 Å². The van der Waals surface area contributed by atoms with Crippen LogP contribution in [0.3, 0.4) is 0 Å². The number of aromatic nitrogens is 1. The van der Waals surface area contributed by atoms with Crippen molar-refractivity contribution in [2.45, 2.75) is 13.5 Å². The summed E-state index contributed by atoms with van der Waals surface area (Å²) in [6, 6.07) is 12.8. The smallest absolute Gasteiger partial charge is 0.250 e. The molecule has 0 radical (unpaired) electrons. The topological polar surface area (TPSA) is 68.0 Å². The van der Waals surface area contributed by atoms with Crippen LogP contribution in [-0.2, 0) is 6.54 Å². The van der Waals surface area contributed by atoms with Crippen molar-refractivity contribution in [1.29, 1.82) is 0 Å². The molecule has 0 atom stereocenters. The molecule has 3 aromatic rings. The lowest BCUT2D eigenvalue weighted by Gasteiger charge is -2.12. The molecule has 4 nitrogen and oxygen atoms in total. The summed E-state index contributed by atoms with van der Waals surface area (Å²) in [5.41, 5.74) is 9.14. The van der Waals surface area contributed by atoms with Gasteiger partial charge in [0, 0.05) is 23.3 Å². The third kappa shape index (κ3) is 4.15. The summed E-state index contributed by atoms with van der Waals surface area (Å²) in [7, 11) is 0. The number of carbonyl (C=O) groups is 1. The molecule has 0 spiro atoms. The standard InChI is InChI=1S/C18H15Cl2N3O.ClH/c1-10-7-16(22-9-11-5-6-14(19)15(20)8-11)12-3-2-4-13(18(21)24)17(12)23-10;/h2-8H,9H2,1H3,(H2,21,24)(H,22,23);1H. The number of benzene rings is 2. The Labute approximate surface area is 161 Å². The zero-order valence-electron chi connectivity index (χ0n) is 13.3. The third-order valence-corrected chi connectivity index (χ3v) is 4.44. The minimum Gasteiger partial charge on any atom is -0.380 e. The number of aryl methyl sites for hydroxylation is 1. The highest BCUT2D eigenvalue weighted by atomic mass is 35.5. The number of carbonyl (C=O) groups excluding carboxylic acids is 1. The predicted molar refractivity (Wildman–Crippen MR) is 106 cm³/mol. The predicted octanol–water partition coefficient (Wildman–Crippen LogP) is 4.98. The van der Waals surface area contributed by atoms with Crippen LogP contribution in [0, 0.1) is 6.92 Å². The van der Waals surface area contributed by atoms with Gasteiger partial charge in [0.05, 0.1) is 21.1 Å². The monoisotopic (exact) mass is 395 g/mol. The first kappa shape index (κ1) is 19.3. The van der Waals surface area contributed by atoms with Gasteiger partial charge in [0.15, 0.2) is 0 Å². The highest BCUT2D eigenvalue weighted by Gasteiger charge is 2.11. The summed E-state index contributed by atoms with van der Waals surface area (Å²) in [6.45, 7) is 2.44. The Morgan fingerprint density at radius 2 is 1.92 bits per heavy atom. The van der Waals surface area contributed by atoms with Crippen LogP contribution in [0.25, 0.3) is 10.9 Å². The molecule has 1 aromatic heterocycles. The fourth-order valence-corrected chi connectivity index (χ4v) is 2.89. The molecule has 3 rings (SSSR count). The highest BCUT2D eigenvalue weighted by molar-refractivity contribution is 6.42. The molecule has 0 saturated carbocycles. The Morgan fingerprint density at radius 3 is 2.60 bits per heavy atom. The largest absolute Gasteiger partial charge is 0.380 e. The SMILES string of the molecule is Cc1cc(NCc2ccc(Cl)c(Cl)c2)c2cccc(C(N)=O)c2n1.Cl. The normalized spacial score (nSPS) is 10.4. The maximum absolute atomic E-state index is 11.6. The van der Waals surface area contributed by atoms with Crippen molar-refractivity contribution < 1.29 is 4.79 Å². The maximum Gasteiger partial charge on any atom is 0.250 e. The summed E-state index contributed by atoms with van der Waals surface area (Å²) >= 11 is 12.0. The fourth-order valence-electron chi connectivity index (χ4n) is 2.57. The number of hydrogen-bond donors (Lipinski definition) is 2. The summed E-state index contributed by atoms with van der Waals surface area (Å²) in [4.78, 5) is 16.1. The van der Waals surface area contributed by atoms with Crippen molar-refractivity contribution in [2.75, 3.05) is 5.32 Å². The molecule has 0 aliphatic heterocycles. The number of fused-ring (bicyclic) bond motifs is 1. The number of primary amides is 1. The Balaban J connectivity index is 0.00000225. The van der Waals surface area contributed by atoms with Gasteiger partial charge < -0.3 is 11.1 Å². The summed E-state index contributed by atoms with van der Waals surface area (Å²) in [5, 5.41) is 5.25. The molecule has 0 unspecified atom stereocenters. The van der Waals surface area contributed by atoms with Crippen LogP contribution in [0.4, 0.5) is 5.69 Å². The van der Waals surface area contributed by atoms with Crippen molar-refractivity contribution in [3.05, 3.63) is 69.3 Å². The lowest BCUT2D eigenvalue weighted by atomic mass is 10.1. The Kier molecular flexibility index (Phi) is 6.11. The fraction of sp³-hybridized carbons (Fsp3) is 0.111. The van der Waals surface area contributed by atoms with Gasteiger partial charge in [-0.2, -0.15) is 0 Å². The third-order valence-electron chi connectivity index (χ3n) is 3.70. The van der Waals surface area contributed by atoms with E-state index in [1.807, 2.05) is 31.2 Å². The second-order valence-corrected chi connectivity index (χ2v) is 6.29. The first-order chi connectivity index (χ1) is 11.5. The second-order valence-electron chi connectivity index (χ2n) is 5.48. The molecule has 7 heteroatoms. The van der Waals surface area contributed by atoms with Crippen LogP contribution in [0.15, 0.2) is 42.5 Å². The number of nitrogens with zero attached hydrogens (tertiary/aromatic N) is 1. The van der Waals surface area contributed by atoms with Gasteiger partial charge in [-0.3, -0.25) is 9.78 Å². The molecule has 1 heterocycles. The van der Waals surface area contributed by atoms with Gasteiger partial charge in [0.1, 0.15) is 0 Å². The summed E-state index contributed by atoms with van der Waals surface area (Å²) in [5.74, 6) is -0.492. The van der Waals surface area contributed by atoms with E-state index in [0.29, 0.717) is 27.7 Å². The Morgan fingerprint density at radius 1 is 1.16 bits per heavy atom. The van der Waals surface area contributed by atoms with Crippen molar-refractivity contribution in [3.8, 4) is 0 Å². The van der Waals surface area contributed by atoms with Gasteiger partial charge in [-0.1, -0.05) is 41.4 Å². The molecule has 130 valence electrons. The van der Waals surface area contributed by atoms with Gasteiger partial charge in [0.25, 0.3) is 5.91 Å². The van der Waals surface area contributed by atoms with E-state index in [1.54, 1.807) is 18.2 Å². The number of rotatable bonds is 4. The van der Waals surface area contributed by atoms with Crippen LogP contribution in [0.2, 0.25) is 10.0 Å². The van der Waals surface area contributed by atoms with Gasteiger partial charge in [-0.25, -0.2) is 0 Å². The average molecular weight is 397 g/mol. The zero-order valence-corrected chi connectivity index (χ0v) is 15.7. The van der Waals surface area contributed by atoms with E-state index in [0.717, 1.165) is 22.3 Å². The minimum absolute atomic E-state index is 0. The number of para-hydroxylation sites is 1. The van der Waals surface area contributed by atoms with Crippen LogP contribution in [0.5, 0.6) is 0 Å². The van der Waals surface area contributed by atoms with Crippen LogP contribution >= 0.6 is 35.6 Å². The average Bonchev–Trinajstić information content (AvgIpc) is 2.54. The van der Waals surface area contributed by atoms with Crippen LogP contribution in [0.1, 0.15) is 21.6 Å². The molecule has 0 bridgehead atoms. The van der Waals surface area contributed by atoms with Crippen molar-refractivity contribution in [3.63, 3.8) is 0 Å². The zero-order chi connectivity index (χ0) is 17.3. The van der Waals surface area contributed by atoms with E-state index in [4.69, 9.17) is 28.9 Å². The molecule has 0 aliphatic rings. The number of anilines is 1. The number of nitrogens with two attached hydrogens (primary N) is 1. The maximum atomic E-state index is 11.6. The van der Waals surface area contributed by atoms with E-state index in [2.05, 4.69) is 10.3 Å². The van der Waals surface area contributed by atoms with E-state index in [9.17, 15) is 4.79 Å².